The smallest absolute Gasteiger partial charge is 0.250 e. The number of carbonyl (C=O) groups excluding carboxylic acids is 1. The number of hydrogen-bond acceptors (Lipinski definition) is 3. The van der Waals surface area contributed by atoms with Crippen LogP contribution in [0.4, 0.5) is 11.4 Å². The number of ether oxygens (including phenoxy) is 1. The molecule has 1 amide bonds. The Hall–Kier alpha value is -0.970. The van der Waals surface area contributed by atoms with Gasteiger partial charge in [0.05, 0.1) is 21.8 Å². The minimum Gasteiger partial charge on any atom is -0.399 e. The summed E-state index contributed by atoms with van der Waals surface area (Å²) < 4.78 is 5.71. The average molecular weight is 331 g/mol. The van der Waals surface area contributed by atoms with Crippen LogP contribution in [0, 0.1) is 5.92 Å². The predicted octanol–water partition coefficient (Wildman–Crippen LogP) is 4.11. The number of nitrogen functional groups attached to an aromatic ring is 1. The van der Waals surface area contributed by atoms with Crippen LogP contribution in [0.2, 0.25) is 10.0 Å². The lowest BCUT2D eigenvalue weighted by atomic mass is 9.88. The van der Waals surface area contributed by atoms with Crippen LogP contribution in [-0.4, -0.2) is 18.6 Å². The molecule has 0 heterocycles. The Morgan fingerprint density at radius 2 is 1.95 bits per heavy atom. The second kappa shape index (κ2) is 7.34. The van der Waals surface area contributed by atoms with Crippen molar-refractivity contribution in [3.05, 3.63) is 22.2 Å². The van der Waals surface area contributed by atoms with Crippen molar-refractivity contribution in [1.82, 2.24) is 0 Å². The van der Waals surface area contributed by atoms with E-state index in [0.717, 1.165) is 19.3 Å². The second-order valence-corrected chi connectivity index (χ2v) is 6.33. The number of halogens is 2. The van der Waals surface area contributed by atoms with E-state index in [9.17, 15) is 4.79 Å². The normalized spacial score (nSPS) is 22.0. The number of hydrogen-bond donors (Lipinski definition) is 2. The van der Waals surface area contributed by atoms with Gasteiger partial charge in [-0.15, -0.1) is 0 Å². The summed E-state index contributed by atoms with van der Waals surface area (Å²) in [4.78, 5) is 12.0. The molecule has 1 fully saturated rings. The van der Waals surface area contributed by atoms with Gasteiger partial charge >= 0.3 is 0 Å². The molecule has 1 aliphatic rings. The molecule has 1 aromatic rings. The van der Waals surface area contributed by atoms with Crippen molar-refractivity contribution < 1.29 is 9.53 Å². The van der Waals surface area contributed by atoms with Gasteiger partial charge in [-0.25, -0.2) is 0 Å². The van der Waals surface area contributed by atoms with Crippen molar-refractivity contribution in [2.75, 3.05) is 17.7 Å². The van der Waals surface area contributed by atoms with Gasteiger partial charge in [0.25, 0.3) is 0 Å². The largest absolute Gasteiger partial charge is 0.399 e. The van der Waals surface area contributed by atoms with Crippen LogP contribution in [-0.2, 0) is 9.53 Å². The Bertz CT molecular complexity index is 499. The summed E-state index contributed by atoms with van der Waals surface area (Å²) in [7, 11) is 0. The first-order chi connectivity index (χ1) is 9.97. The van der Waals surface area contributed by atoms with E-state index in [1.165, 1.54) is 6.42 Å². The van der Waals surface area contributed by atoms with Gasteiger partial charge in [-0.1, -0.05) is 43.0 Å². The number of amides is 1. The lowest BCUT2D eigenvalue weighted by Crippen LogP contribution is -2.29. The summed E-state index contributed by atoms with van der Waals surface area (Å²) in [5.41, 5.74) is 6.45. The Kier molecular flexibility index (Phi) is 5.73. The fourth-order valence-electron chi connectivity index (χ4n) is 2.60. The van der Waals surface area contributed by atoms with Gasteiger partial charge in [0.15, 0.2) is 0 Å². The Morgan fingerprint density at radius 3 is 2.57 bits per heavy atom. The molecule has 0 saturated heterocycles. The van der Waals surface area contributed by atoms with Crippen LogP contribution in [0.3, 0.4) is 0 Å². The van der Waals surface area contributed by atoms with Gasteiger partial charge in [0.1, 0.15) is 6.61 Å². The van der Waals surface area contributed by atoms with E-state index >= 15 is 0 Å². The molecule has 2 atom stereocenters. The third-order valence-electron chi connectivity index (χ3n) is 3.79. The molecule has 2 unspecified atom stereocenters. The molecule has 0 radical (unpaired) electrons. The van der Waals surface area contributed by atoms with Crippen LogP contribution in [0.1, 0.15) is 32.6 Å². The van der Waals surface area contributed by atoms with Crippen LogP contribution < -0.4 is 11.1 Å². The van der Waals surface area contributed by atoms with Crippen LogP contribution in [0.15, 0.2) is 12.1 Å². The number of anilines is 2. The van der Waals surface area contributed by atoms with E-state index in [0.29, 0.717) is 27.3 Å². The highest BCUT2D eigenvalue weighted by molar-refractivity contribution is 6.40. The SMILES string of the molecule is CC1CCCCC1OCC(=O)Nc1c(Cl)cc(N)cc1Cl. The number of rotatable bonds is 4. The molecule has 0 aliphatic heterocycles. The third kappa shape index (κ3) is 4.50. The molecule has 116 valence electrons. The lowest BCUT2D eigenvalue weighted by Gasteiger charge is -2.28. The summed E-state index contributed by atoms with van der Waals surface area (Å²) >= 11 is 12.1. The first-order valence-corrected chi connectivity index (χ1v) is 7.89. The van der Waals surface area contributed by atoms with Crippen molar-refractivity contribution in [3.63, 3.8) is 0 Å². The van der Waals surface area contributed by atoms with Crippen molar-refractivity contribution >= 4 is 40.5 Å². The van der Waals surface area contributed by atoms with Gasteiger partial charge in [-0.3, -0.25) is 4.79 Å². The van der Waals surface area contributed by atoms with Gasteiger partial charge in [0, 0.05) is 5.69 Å². The van der Waals surface area contributed by atoms with E-state index in [1.54, 1.807) is 12.1 Å². The zero-order chi connectivity index (χ0) is 15.4. The maximum absolute atomic E-state index is 12.0. The van der Waals surface area contributed by atoms with E-state index in [4.69, 9.17) is 33.7 Å². The fourth-order valence-corrected chi connectivity index (χ4v) is 3.20. The molecule has 1 aliphatic carbocycles. The summed E-state index contributed by atoms with van der Waals surface area (Å²) in [6.07, 6.45) is 4.72. The predicted molar refractivity (Wildman–Crippen MR) is 86.9 cm³/mol. The van der Waals surface area contributed by atoms with Gasteiger partial charge in [-0.05, 0) is 30.9 Å². The number of carbonyl (C=O) groups is 1. The monoisotopic (exact) mass is 330 g/mol. The van der Waals surface area contributed by atoms with Gasteiger partial charge < -0.3 is 15.8 Å². The quantitative estimate of drug-likeness (QED) is 0.816. The minimum absolute atomic E-state index is 0.00599. The number of nitrogens with two attached hydrogens (primary N) is 1. The van der Waals surface area contributed by atoms with Crippen LogP contribution in [0.25, 0.3) is 0 Å². The maximum atomic E-state index is 12.0. The highest BCUT2D eigenvalue weighted by Crippen LogP contribution is 2.33. The highest BCUT2D eigenvalue weighted by Gasteiger charge is 2.22. The molecule has 4 nitrogen and oxygen atoms in total. The highest BCUT2D eigenvalue weighted by atomic mass is 35.5. The number of nitrogens with one attached hydrogen (secondary N) is 1. The first kappa shape index (κ1) is 16.4. The molecule has 2 rings (SSSR count). The molecule has 1 saturated carbocycles. The maximum Gasteiger partial charge on any atom is 0.250 e. The zero-order valence-corrected chi connectivity index (χ0v) is 13.5. The molecule has 21 heavy (non-hydrogen) atoms. The Balaban J connectivity index is 1.90. The molecule has 0 spiro atoms. The molecule has 0 aromatic heterocycles. The zero-order valence-electron chi connectivity index (χ0n) is 12.0. The molecule has 1 aromatic carbocycles. The Labute approximate surface area is 134 Å². The molecule has 0 bridgehead atoms. The first-order valence-electron chi connectivity index (χ1n) is 7.13. The summed E-state index contributed by atoms with van der Waals surface area (Å²) in [6.45, 7) is 2.17. The standard InChI is InChI=1S/C15H20Cl2N2O2/c1-9-4-2-3-5-13(9)21-8-14(20)19-15-11(16)6-10(18)7-12(15)17/h6-7,9,13H,2-5,8,18H2,1H3,(H,19,20). The second-order valence-electron chi connectivity index (χ2n) is 5.52. The summed E-state index contributed by atoms with van der Waals surface area (Å²) in [6, 6.07) is 3.10. The molecular formula is C15H20Cl2N2O2. The molecular weight excluding hydrogens is 311 g/mol. The van der Waals surface area contributed by atoms with E-state index in [2.05, 4.69) is 12.2 Å². The lowest BCUT2D eigenvalue weighted by molar-refractivity contribution is -0.124. The molecule has 3 N–H and O–H groups in total. The van der Waals surface area contributed by atoms with Crippen molar-refractivity contribution in [2.45, 2.75) is 38.7 Å². The third-order valence-corrected chi connectivity index (χ3v) is 4.39. The van der Waals surface area contributed by atoms with Crippen LogP contribution in [0.5, 0.6) is 0 Å². The van der Waals surface area contributed by atoms with Crippen molar-refractivity contribution in [1.29, 1.82) is 0 Å². The minimum atomic E-state index is -0.263. The number of benzene rings is 1. The topological polar surface area (TPSA) is 64.3 Å². The fraction of sp³-hybridized carbons (Fsp3) is 0.533. The van der Waals surface area contributed by atoms with E-state index < -0.39 is 0 Å². The van der Waals surface area contributed by atoms with Crippen LogP contribution >= 0.6 is 23.2 Å². The van der Waals surface area contributed by atoms with Gasteiger partial charge in [0.2, 0.25) is 5.91 Å². The van der Waals surface area contributed by atoms with Crippen molar-refractivity contribution in [2.24, 2.45) is 5.92 Å². The summed E-state index contributed by atoms with van der Waals surface area (Å²) in [5.74, 6) is 0.233. The van der Waals surface area contributed by atoms with E-state index in [-0.39, 0.29) is 18.6 Å². The summed E-state index contributed by atoms with van der Waals surface area (Å²) in [5, 5.41) is 3.31. The van der Waals surface area contributed by atoms with Crippen molar-refractivity contribution in [3.8, 4) is 0 Å². The molecule has 6 heteroatoms. The van der Waals surface area contributed by atoms with Gasteiger partial charge in [-0.2, -0.15) is 0 Å². The average Bonchev–Trinajstić information content (AvgIpc) is 2.42. The van der Waals surface area contributed by atoms with E-state index in [1.807, 2.05) is 0 Å². The Morgan fingerprint density at radius 1 is 1.33 bits per heavy atom.